The molecule has 5 aromatic rings. The van der Waals surface area contributed by atoms with Gasteiger partial charge in [0.2, 0.25) is 0 Å². The molecule has 5 rings (SSSR count). The van der Waals surface area contributed by atoms with Crippen molar-refractivity contribution in [1.82, 2.24) is 0 Å². The van der Waals surface area contributed by atoms with Crippen molar-refractivity contribution in [2.24, 2.45) is 0 Å². The van der Waals surface area contributed by atoms with Crippen LogP contribution in [0.15, 0.2) is 72.8 Å². The lowest BCUT2D eigenvalue weighted by Crippen LogP contribution is -1.94. The van der Waals surface area contributed by atoms with Crippen LogP contribution in [0.2, 0.25) is 0 Å². The predicted octanol–water partition coefficient (Wildman–Crippen LogP) is 7.49. The summed E-state index contributed by atoms with van der Waals surface area (Å²) in [6.07, 6.45) is 2.17. The number of aryl methyl sites for hydroxylation is 1. The van der Waals surface area contributed by atoms with Gasteiger partial charge in [0.1, 0.15) is 0 Å². The average molecular weight is 377 g/mol. The van der Waals surface area contributed by atoms with Crippen molar-refractivity contribution in [2.75, 3.05) is 0 Å². The fraction of sp³-hybridized carbons (Fsp3) is 0.111. The van der Waals surface area contributed by atoms with Crippen molar-refractivity contribution >= 4 is 55.7 Å². The van der Waals surface area contributed by atoms with Crippen molar-refractivity contribution < 1.29 is 0 Å². The number of hydrogen-bond donors (Lipinski definition) is 1. The van der Waals surface area contributed by atoms with Crippen LogP contribution >= 0.6 is 12.6 Å². The molecule has 0 bridgehead atoms. The summed E-state index contributed by atoms with van der Waals surface area (Å²) in [6, 6.07) is 26.4. The first-order valence-corrected chi connectivity index (χ1v) is 10.2. The highest BCUT2D eigenvalue weighted by molar-refractivity contribution is 7.85. The van der Waals surface area contributed by atoms with Crippen molar-refractivity contribution in [2.45, 2.75) is 19.8 Å². The SMILES string of the molecule is CCCc1c2cc3ccccc3cc2c(C#CS)c2cc3ccccc3cc12. The topological polar surface area (TPSA) is 0 Å². The van der Waals surface area contributed by atoms with Crippen LogP contribution < -0.4 is 0 Å². The fourth-order valence-electron chi connectivity index (χ4n) is 4.39. The van der Waals surface area contributed by atoms with Crippen LogP contribution in [0.1, 0.15) is 24.5 Å². The lowest BCUT2D eigenvalue weighted by Gasteiger charge is -2.16. The van der Waals surface area contributed by atoms with E-state index < -0.39 is 0 Å². The molecule has 28 heavy (non-hydrogen) atoms. The summed E-state index contributed by atoms with van der Waals surface area (Å²) >= 11 is 4.24. The first kappa shape index (κ1) is 17.2. The van der Waals surface area contributed by atoms with Gasteiger partial charge in [0.15, 0.2) is 0 Å². The summed E-state index contributed by atoms with van der Waals surface area (Å²) < 4.78 is 0. The van der Waals surface area contributed by atoms with Gasteiger partial charge in [-0.05, 0) is 84.6 Å². The highest BCUT2D eigenvalue weighted by Crippen LogP contribution is 2.37. The average Bonchev–Trinajstić information content (AvgIpc) is 2.74. The van der Waals surface area contributed by atoms with E-state index in [-0.39, 0.29) is 0 Å². The van der Waals surface area contributed by atoms with Crippen LogP contribution in [0.5, 0.6) is 0 Å². The molecular weight excluding hydrogens is 356 g/mol. The molecular formula is C27H20S. The van der Waals surface area contributed by atoms with Gasteiger partial charge in [-0.3, -0.25) is 0 Å². The molecule has 0 fully saturated rings. The second kappa shape index (κ2) is 6.89. The molecule has 0 aliphatic rings. The van der Waals surface area contributed by atoms with E-state index >= 15 is 0 Å². The molecule has 0 aliphatic heterocycles. The Morgan fingerprint density at radius 3 is 1.50 bits per heavy atom. The molecule has 0 nitrogen and oxygen atoms in total. The van der Waals surface area contributed by atoms with Crippen molar-refractivity contribution in [3.63, 3.8) is 0 Å². The number of benzene rings is 5. The highest BCUT2D eigenvalue weighted by atomic mass is 32.1. The molecule has 0 spiro atoms. The van der Waals surface area contributed by atoms with Gasteiger partial charge in [0.25, 0.3) is 0 Å². The van der Waals surface area contributed by atoms with Gasteiger partial charge in [-0.2, -0.15) is 0 Å². The minimum atomic E-state index is 1.05. The Labute approximate surface area is 170 Å². The third-order valence-electron chi connectivity index (χ3n) is 5.64. The molecule has 0 saturated carbocycles. The van der Waals surface area contributed by atoms with Crippen LogP contribution in [0.4, 0.5) is 0 Å². The molecule has 0 atom stereocenters. The molecule has 134 valence electrons. The first-order chi connectivity index (χ1) is 13.8. The van der Waals surface area contributed by atoms with E-state index in [0.29, 0.717) is 0 Å². The molecule has 5 aromatic carbocycles. The summed E-state index contributed by atoms with van der Waals surface area (Å²) in [4.78, 5) is 0. The quantitative estimate of drug-likeness (QED) is 0.184. The summed E-state index contributed by atoms with van der Waals surface area (Å²) in [6.45, 7) is 2.25. The Bertz CT molecular complexity index is 1330. The van der Waals surface area contributed by atoms with Gasteiger partial charge in [-0.25, -0.2) is 0 Å². The Hall–Kier alpha value is -2.95. The Balaban J connectivity index is 2.07. The van der Waals surface area contributed by atoms with Crippen LogP contribution in [0.25, 0.3) is 43.1 Å². The molecule has 0 saturated heterocycles. The van der Waals surface area contributed by atoms with Gasteiger partial charge < -0.3 is 0 Å². The lowest BCUT2D eigenvalue weighted by molar-refractivity contribution is 0.937. The fourth-order valence-corrected chi connectivity index (χ4v) is 4.51. The standard InChI is InChI=1S/C27H20S/c1-2-7-22-24-14-18-8-3-5-10-20(18)16-26(24)23(12-13-28)27-17-21-11-6-4-9-19(21)15-25(22)27/h3-6,8-11,14-17,28H,2,7H2,1H3. The Morgan fingerprint density at radius 2 is 1.11 bits per heavy atom. The van der Waals surface area contributed by atoms with Gasteiger partial charge in [0.05, 0.1) is 0 Å². The smallest absolute Gasteiger partial charge is 0.0411 e. The highest BCUT2D eigenvalue weighted by Gasteiger charge is 2.14. The number of fused-ring (bicyclic) bond motifs is 4. The van der Waals surface area contributed by atoms with E-state index in [0.717, 1.165) is 18.4 Å². The number of rotatable bonds is 2. The summed E-state index contributed by atoms with van der Waals surface area (Å²) in [5.74, 6) is 3.31. The Kier molecular flexibility index (Phi) is 4.23. The van der Waals surface area contributed by atoms with Crippen molar-refractivity contribution in [3.8, 4) is 11.2 Å². The van der Waals surface area contributed by atoms with Crippen LogP contribution in [0.3, 0.4) is 0 Å². The monoisotopic (exact) mass is 376 g/mol. The lowest BCUT2D eigenvalue weighted by atomic mass is 9.87. The minimum absolute atomic E-state index is 1.05. The Morgan fingerprint density at radius 1 is 0.679 bits per heavy atom. The molecule has 0 aromatic heterocycles. The normalized spacial score (nSPS) is 11.2. The van der Waals surface area contributed by atoms with Gasteiger partial charge in [-0.1, -0.05) is 80.4 Å². The van der Waals surface area contributed by atoms with Crippen LogP contribution in [-0.2, 0) is 6.42 Å². The molecule has 0 radical (unpaired) electrons. The third kappa shape index (κ3) is 2.65. The molecule has 0 N–H and O–H groups in total. The van der Waals surface area contributed by atoms with Crippen molar-refractivity contribution in [3.05, 3.63) is 83.9 Å². The van der Waals surface area contributed by atoms with Gasteiger partial charge in [0, 0.05) is 5.56 Å². The van der Waals surface area contributed by atoms with E-state index in [4.69, 9.17) is 0 Å². The molecule has 0 amide bonds. The predicted molar refractivity (Wildman–Crippen MR) is 126 cm³/mol. The third-order valence-corrected chi connectivity index (χ3v) is 5.75. The largest absolute Gasteiger partial charge is 0.0918 e. The molecule has 1 heteroatoms. The summed E-state index contributed by atoms with van der Waals surface area (Å²) in [7, 11) is 0. The second-order valence-corrected chi connectivity index (χ2v) is 7.55. The van der Waals surface area contributed by atoms with E-state index in [1.54, 1.807) is 0 Å². The van der Waals surface area contributed by atoms with Crippen LogP contribution in [-0.4, -0.2) is 0 Å². The van der Waals surface area contributed by atoms with Gasteiger partial charge in [-0.15, -0.1) is 0 Å². The summed E-state index contributed by atoms with van der Waals surface area (Å²) in [5.41, 5.74) is 2.50. The zero-order valence-corrected chi connectivity index (χ0v) is 16.7. The maximum Gasteiger partial charge on any atom is 0.0411 e. The van der Waals surface area contributed by atoms with Crippen molar-refractivity contribution in [1.29, 1.82) is 0 Å². The zero-order chi connectivity index (χ0) is 19.1. The van der Waals surface area contributed by atoms with E-state index in [9.17, 15) is 0 Å². The van der Waals surface area contributed by atoms with Gasteiger partial charge >= 0.3 is 0 Å². The zero-order valence-electron chi connectivity index (χ0n) is 15.8. The molecule has 0 heterocycles. The number of hydrogen-bond acceptors (Lipinski definition) is 1. The van der Waals surface area contributed by atoms with Crippen LogP contribution in [0, 0.1) is 11.2 Å². The van der Waals surface area contributed by atoms with E-state index in [2.05, 4.69) is 104 Å². The molecule has 0 aliphatic carbocycles. The summed E-state index contributed by atoms with van der Waals surface area (Å²) in [5, 5.41) is 13.0. The molecule has 0 unspecified atom stereocenters. The van der Waals surface area contributed by atoms with E-state index in [1.807, 2.05) is 0 Å². The number of thiol groups is 1. The van der Waals surface area contributed by atoms with E-state index in [1.165, 1.54) is 48.7 Å². The minimum Gasteiger partial charge on any atom is -0.0918 e. The maximum absolute atomic E-state index is 4.24. The second-order valence-electron chi connectivity index (χ2n) is 7.33. The maximum atomic E-state index is 4.24. The first-order valence-electron chi connectivity index (χ1n) is 9.75.